The normalized spacial score (nSPS) is 15.6. The Morgan fingerprint density at radius 1 is 1.10 bits per heavy atom. The van der Waals surface area contributed by atoms with E-state index in [-0.39, 0.29) is 11.6 Å². The van der Waals surface area contributed by atoms with E-state index < -0.39 is 0 Å². The van der Waals surface area contributed by atoms with Crippen LogP contribution in [-0.2, 0) is 0 Å². The summed E-state index contributed by atoms with van der Waals surface area (Å²) in [7, 11) is 7.63. The topological polar surface area (TPSA) is 33.7 Å². The van der Waals surface area contributed by atoms with Crippen LogP contribution in [0.1, 0.15) is 38.8 Å². The first kappa shape index (κ1) is 17.8. The summed E-state index contributed by atoms with van der Waals surface area (Å²) in [6.07, 6.45) is 1.04. The molecule has 0 saturated carbocycles. The van der Waals surface area contributed by atoms with Crippen molar-refractivity contribution in [1.82, 2.24) is 10.2 Å². The minimum atomic E-state index is 0.00733. The van der Waals surface area contributed by atoms with E-state index in [1.54, 1.807) is 14.2 Å². The third-order valence-corrected chi connectivity index (χ3v) is 4.47. The van der Waals surface area contributed by atoms with Gasteiger partial charge >= 0.3 is 0 Å². The second-order valence-corrected chi connectivity index (χ2v) is 5.74. The molecule has 0 saturated heterocycles. The molecule has 4 nitrogen and oxygen atoms in total. The number of likely N-dealkylation sites (N-methyl/N-ethyl adjacent to an activating group) is 2. The monoisotopic (exact) mass is 294 g/mol. The molecule has 0 spiro atoms. The molecule has 0 aliphatic heterocycles. The van der Waals surface area contributed by atoms with Crippen LogP contribution < -0.4 is 14.8 Å². The number of ether oxygens (including phenoxy) is 2. The number of nitrogens with one attached hydrogen (secondary N) is 1. The molecule has 120 valence electrons. The van der Waals surface area contributed by atoms with Crippen molar-refractivity contribution in [2.45, 2.75) is 38.8 Å². The van der Waals surface area contributed by atoms with Gasteiger partial charge in [0.15, 0.2) is 0 Å². The van der Waals surface area contributed by atoms with Crippen molar-refractivity contribution in [3.05, 3.63) is 23.8 Å². The summed E-state index contributed by atoms with van der Waals surface area (Å²) in [6, 6.07) is 6.29. The molecule has 0 aliphatic rings. The highest BCUT2D eigenvalue weighted by Crippen LogP contribution is 2.36. The van der Waals surface area contributed by atoms with Gasteiger partial charge in [-0.1, -0.05) is 13.8 Å². The van der Waals surface area contributed by atoms with E-state index in [0.29, 0.717) is 0 Å². The number of nitrogens with zero attached hydrogens (tertiary/aromatic N) is 1. The lowest BCUT2D eigenvalue weighted by molar-refractivity contribution is 0.113. The highest BCUT2D eigenvalue weighted by atomic mass is 16.5. The first-order valence-corrected chi connectivity index (χ1v) is 7.56. The van der Waals surface area contributed by atoms with Crippen molar-refractivity contribution in [2.75, 3.05) is 34.9 Å². The van der Waals surface area contributed by atoms with Crippen LogP contribution in [-0.4, -0.2) is 45.3 Å². The van der Waals surface area contributed by atoms with Gasteiger partial charge in [-0.3, -0.25) is 0 Å². The first-order valence-electron chi connectivity index (χ1n) is 7.56. The summed E-state index contributed by atoms with van der Waals surface area (Å²) in [5.74, 6) is 1.65. The fourth-order valence-electron chi connectivity index (χ4n) is 2.68. The zero-order valence-electron chi connectivity index (χ0n) is 14.5. The van der Waals surface area contributed by atoms with Crippen LogP contribution in [0.25, 0.3) is 0 Å². The van der Waals surface area contributed by atoms with Crippen molar-refractivity contribution in [1.29, 1.82) is 0 Å². The Bertz CT molecular complexity index is 426. The maximum absolute atomic E-state index is 5.41. The van der Waals surface area contributed by atoms with Gasteiger partial charge in [0.2, 0.25) is 0 Å². The molecule has 2 unspecified atom stereocenters. The minimum absolute atomic E-state index is 0.00733. The van der Waals surface area contributed by atoms with Crippen molar-refractivity contribution in [3.63, 3.8) is 0 Å². The second-order valence-electron chi connectivity index (χ2n) is 5.74. The average molecular weight is 294 g/mol. The summed E-state index contributed by atoms with van der Waals surface area (Å²) in [5.41, 5.74) is 1.19. The molecule has 21 heavy (non-hydrogen) atoms. The van der Waals surface area contributed by atoms with Gasteiger partial charge in [-0.05, 0) is 51.7 Å². The van der Waals surface area contributed by atoms with Crippen molar-refractivity contribution in [2.24, 2.45) is 0 Å². The smallest absolute Gasteiger partial charge is 0.122 e. The summed E-state index contributed by atoms with van der Waals surface area (Å²) in [5, 5.41) is 3.62. The number of hydrogen-bond acceptors (Lipinski definition) is 4. The zero-order chi connectivity index (χ0) is 16.0. The van der Waals surface area contributed by atoms with E-state index in [0.717, 1.165) is 24.5 Å². The second kappa shape index (κ2) is 7.66. The van der Waals surface area contributed by atoms with E-state index in [2.05, 4.69) is 57.2 Å². The van der Waals surface area contributed by atoms with Crippen LogP contribution in [0.3, 0.4) is 0 Å². The van der Waals surface area contributed by atoms with E-state index in [1.807, 2.05) is 6.07 Å². The van der Waals surface area contributed by atoms with Crippen LogP contribution in [0.4, 0.5) is 0 Å². The van der Waals surface area contributed by atoms with Crippen LogP contribution in [0.15, 0.2) is 18.2 Å². The molecule has 1 rings (SSSR count). The van der Waals surface area contributed by atoms with E-state index in [9.17, 15) is 0 Å². The molecule has 1 N–H and O–H groups in total. The molecule has 2 atom stereocenters. The third kappa shape index (κ3) is 3.89. The molecule has 1 aromatic rings. The Balaban J connectivity index is 3.33. The van der Waals surface area contributed by atoms with Gasteiger partial charge in [0.05, 0.1) is 20.3 Å². The molecule has 0 aliphatic carbocycles. The van der Waals surface area contributed by atoms with Crippen LogP contribution in [0, 0.1) is 0 Å². The quantitative estimate of drug-likeness (QED) is 0.799. The minimum Gasteiger partial charge on any atom is -0.497 e. The maximum atomic E-state index is 5.41. The highest BCUT2D eigenvalue weighted by molar-refractivity contribution is 5.41. The number of hydrogen-bond donors (Lipinski definition) is 1. The Kier molecular flexibility index (Phi) is 6.49. The molecule has 0 amide bonds. The fourth-order valence-corrected chi connectivity index (χ4v) is 2.68. The van der Waals surface area contributed by atoms with Crippen LogP contribution >= 0.6 is 0 Å². The van der Waals surface area contributed by atoms with Gasteiger partial charge in [-0.25, -0.2) is 0 Å². The molecule has 4 heteroatoms. The Morgan fingerprint density at radius 3 is 1.95 bits per heavy atom. The average Bonchev–Trinajstić information content (AvgIpc) is 2.50. The lowest BCUT2D eigenvalue weighted by Crippen LogP contribution is -2.51. The summed E-state index contributed by atoms with van der Waals surface area (Å²) in [4.78, 5) is 2.28. The van der Waals surface area contributed by atoms with Gasteiger partial charge in [-0.15, -0.1) is 0 Å². The first-order chi connectivity index (χ1) is 9.92. The molecule has 0 radical (unpaired) electrons. The summed E-state index contributed by atoms with van der Waals surface area (Å²) < 4.78 is 10.8. The fraction of sp³-hybridized carbons (Fsp3) is 0.647. The molecule has 0 bridgehead atoms. The van der Waals surface area contributed by atoms with Gasteiger partial charge < -0.3 is 19.7 Å². The Morgan fingerprint density at radius 2 is 1.62 bits per heavy atom. The molecule has 0 aromatic heterocycles. The molecule has 0 fully saturated rings. The zero-order valence-corrected chi connectivity index (χ0v) is 14.5. The third-order valence-electron chi connectivity index (χ3n) is 4.47. The Hall–Kier alpha value is -1.26. The van der Waals surface area contributed by atoms with Gasteiger partial charge in [0.25, 0.3) is 0 Å². The van der Waals surface area contributed by atoms with Crippen molar-refractivity contribution >= 4 is 0 Å². The number of rotatable bonds is 8. The number of benzene rings is 1. The molecular formula is C17H30N2O2. The van der Waals surface area contributed by atoms with Gasteiger partial charge in [0.1, 0.15) is 11.5 Å². The van der Waals surface area contributed by atoms with Gasteiger partial charge in [-0.2, -0.15) is 0 Å². The summed E-state index contributed by atoms with van der Waals surface area (Å²) in [6.45, 7) is 7.55. The molecule has 1 aromatic carbocycles. The predicted octanol–water partition coefficient (Wildman–Crippen LogP) is 3.08. The predicted molar refractivity (Wildman–Crippen MR) is 88.3 cm³/mol. The lowest BCUT2D eigenvalue weighted by Gasteiger charge is -2.43. The Labute approximate surface area is 129 Å². The van der Waals surface area contributed by atoms with Gasteiger partial charge in [0, 0.05) is 11.6 Å². The van der Waals surface area contributed by atoms with Crippen LogP contribution in [0.2, 0.25) is 0 Å². The highest BCUT2D eigenvalue weighted by Gasteiger charge is 2.35. The van der Waals surface area contributed by atoms with E-state index in [1.165, 1.54) is 5.56 Å². The van der Waals surface area contributed by atoms with Crippen molar-refractivity contribution < 1.29 is 9.47 Å². The molecule has 0 heterocycles. The van der Waals surface area contributed by atoms with E-state index in [4.69, 9.17) is 9.47 Å². The SMILES string of the molecule is CCNC(c1cc(OC)cc(OC)c1)C(C)(CC)N(C)C. The van der Waals surface area contributed by atoms with Crippen molar-refractivity contribution in [3.8, 4) is 11.5 Å². The van der Waals surface area contributed by atoms with E-state index >= 15 is 0 Å². The molecular weight excluding hydrogens is 264 g/mol. The maximum Gasteiger partial charge on any atom is 0.122 e. The summed E-state index contributed by atoms with van der Waals surface area (Å²) >= 11 is 0. The van der Waals surface area contributed by atoms with Crippen LogP contribution in [0.5, 0.6) is 11.5 Å². The standard InChI is InChI=1S/C17H30N2O2/c1-8-17(3,19(4)5)16(18-9-2)13-10-14(20-6)12-15(11-13)21-7/h10-12,16,18H,8-9H2,1-7H3. The largest absolute Gasteiger partial charge is 0.497 e. The lowest BCUT2D eigenvalue weighted by atomic mass is 9.83. The number of methoxy groups -OCH3 is 2.